The predicted molar refractivity (Wildman–Crippen MR) is 52.2 cm³/mol. The van der Waals surface area contributed by atoms with Crippen LogP contribution in [-0.4, -0.2) is 21.8 Å². The third-order valence-electron chi connectivity index (χ3n) is 2.34. The van der Waals surface area contributed by atoms with Crippen LogP contribution in [-0.2, 0) is 4.79 Å². The Balaban J connectivity index is 2.22. The Morgan fingerprint density at radius 3 is 2.75 bits per heavy atom. The fourth-order valence-electron chi connectivity index (χ4n) is 1.65. The molecule has 2 aromatic rings. The number of nitrogens with zero attached hydrogens (tertiary/aromatic N) is 3. The van der Waals surface area contributed by atoms with Gasteiger partial charge in [0, 0.05) is 0 Å². The number of aromatic nitrogens is 2. The number of hydrogen-bond acceptors (Lipinski definition) is 5. The summed E-state index contributed by atoms with van der Waals surface area (Å²) in [4.78, 5) is 28.2. The van der Waals surface area contributed by atoms with Crippen LogP contribution in [0.3, 0.4) is 0 Å². The van der Waals surface area contributed by atoms with E-state index in [1.165, 1.54) is 0 Å². The number of benzene rings is 1. The minimum absolute atomic E-state index is 0.0725. The van der Waals surface area contributed by atoms with Gasteiger partial charge < -0.3 is 4.52 Å². The molecule has 1 aliphatic heterocycles. The van der Waals surface area contributed by atoms with E-state index in [0.29, 0.717) is 11.3 Å². The number of rotatable bonds is 1. The van der Waals surface area contributed by atoms with E-state index in [-0.39, 0.29) is 5.95 Å². The zero-order valence-corrected chi connectivity index (χ0v) is 7.95. The van der Waals surface area contributed by atoms with E-state index in [9.17, 15) is 9.59 Å². The van der Waals surface area contributed by atoms with Crippen molar-refractivity contribution in [1.29, 1.82) is 0 Å². The van der Waals surface area contributed by atoms with Gasteiger partial charge in [0.25, 0.3) is 11.7 Å². The van der Waals surface area contributed by atoms with Gasteiger partial charge in [-0.15, -0.1) is 0 Å². The number of carbonyl (C=O) groups is 2. The zero-order chi connectivity index (χ0) is 11.1. The predicted octanol–water partition coefficient (Wildman–Crippen LogP) is 0.931. The molecule has 1 amide bonds. The lowest BCUT2D eigenvalue weighted by molar-refractivity contribution is -0.113. The Morgan fingerprint density at radius 2 is 2.00 bits per heavy atom. The van der Waals surface area contributed by atoms with Gasteiger partial charge in [0.2, 0.25) is 6.39 Å². The molecule has 0 saturated carbocycles. The van der Waals surface area contributed by atoms with Crippen molar-refractivity contribution >= 4 is 23.3 Å². The van der Waals surface area contributed by atoms with E-state index in [1.54, 1.807) is 24.3 Å². The fourth-order valence-corrected chi connectivity index (χ4v) is 1.65. The van der Waals surface area contributed by atoms with Crippen LogP contribution in [0.5, 0.6) is 0 Å². The molecule has 1 aromatic heterocycles. The van der Waals surface area contributed by atoms with E-state index in [2.05, 4.69) is 14.7 Å². The normalized spacial score (nSPS) is 14.4. The molecule has 6 heteroatoms. The molecule has 1 aliphatic rings. The molecule has 2 heterocycles. The van der Waals surface area contributed by atoms with Gasteiger partial charge >= 0.3 is 5.91 Å². The maximum absolute atomic E-state index is 11.7. The molecule has 0 radical (unpaired) electrons. The van der Waals surface area contributed by atoms with Crippen LogP contribution >= 0.6 is 0 Å². The topological polar surface area (TPSA) is 76.3 Å². The second-order valence-electron chi connectivity index (χ2n) is 3.22. The van der Waals surface area contributed by atoms with E-state index in [1.807, 2.05) is 0 Å². The molecule has 0 aliphatic carbocycles. The van der Waals surface area contributed by atoms with Crippen LogP contribution in [0, 0.1) is 0 Å². The minimum Gasteiger partial charge on any atom is -0.341 e. The number of carbonyl (C=O) groups excluding carboxylic acids is 2. The van der Waals surface area contributed by atoms with Crippen molar-refractivity contribution in [3.05, 3.63) is 36.2 Å². The van der Waals surface area contributed by atoms with Crippen LogP contribution in [0.1, 0.15) is 10.4 Å². The highest BCUT2D eigenvalue weighted by atomic mass is 16.5. The lowest BCUT2D eigenvalue weighted by Crippen LogP contribution is -2.25. The van der Waals surface area contributed by atoms with Gasteiger partial charge in [-0.25, -0.2) is 4.90 Å². The largest absolute Gasteiger partial charge is 0.341 e. The maximum Gasteiger partial charge on any atom is 0.306 e. The monoisotopic (exact) mass is 215 g/mol. The quantitative estimate of drug-likeness (QED) is 0.661. The van der Waals surface area contributed by atoms with Crippen molar-refractivity contribution in [2.75, 3.05) is 4.90 Å². The van der Waals surface area contributed by atoms with Gasteiger partial charge in [-0.2, -0.15) is 4.98 Å². The summed E-state index contributed by atoms with van der Waals surface area (Å²) in [6.07, 6.45) is 1.11. The summed E-state index contributed by atoms with van der Waals surface area (Å²) in [6.45, 7) is 0. The molecule has 0 spiro atoms. The highest BCUT2D eigenvalue weighted by molar-refractivity contribution is 6.53. The number of Topliss-reactive ketones (excluding diaryl/α,β-unsaturated/α-hetero) is 1. The lowest BCUT2D eigenvalue weighted by atomic mass is 10.1. The van der Waals surface area contributed by atoms with Crippen LogP contribution < -0.4 is 4.90 Å². The molecule has 0 atom stereocenters. The van der Waals surface area contributed by atoms with Crippen molar-refractivity contribution in [3.63, 3.8) is 0 Å². The summed E-state index contributed by atoms with van der Waals surface area (Å²) in [5.41, 5.74) is 0.844. The molecule has 0 unspecified atom stereocenters. The first kappa shape index (κ1) is 8.78. The first-order valence-electron chi connectivity index (χ1n) is 4.53. The van der Waals surface area contributed by atoms with Crippen molar-refractivity contribution in [2.24, 2.45) is 0 Å². The van der Waals surface area contributed by atoms with Crippen LogP contribution in [0.4, 0.5) is 11.6 Å². The van der Waals surface area contributed by atoms with Gasteiger partial charge in [0.1, 0.15) is 0 Å². The lowest BCUT2D eigenvalue weighted by Gasteiger charge is -2.09. The summed E-state index contributed by atoms with van der Waals surface area (Å²) in [5.74, 6) is -1.15. The molecule has 0 fully saturated rings. The van der Waals surface area contributed by atoms with Gasteiger partial charge in [0.15, 0.2) is 0 Å². The zero-order valence-electron chi connectivity index (χ0n) is 7.95. The number of amides is 1. The number of ketones is 1. The summed E-state index contributed by atoms with van der Waals surface area (Å²) in [6, 6.07) is 6.69. The van der Waals surface area contributed by atoms with Crippen molar-refractivity contribution in [3.8, 4) is 0 Å². The van der Waals surface area contributed by atoms with E-state index in [4.69, 9.17) is 0 Å². The minimum atomic E-state index is -0.664. The Morgan fingerprint density at radius 1 is 1.19 bits per heavy atom. The Kier molecular flexibility index (Phi) is 1.64. The van der Waals surface area contributed by atoms with Crippen molar-refractivity contribution < 1.29 is 14.1 Å². The number of para-hydroxylation sites is 1. The van der Waals surface area contributed by atoms with Crippen LogP contribution in [0.15, 0.2) is 35.2 Å². The van der Waals surface area contributed by atoms with Crippen molar-refractivity contribution in [1.82, 2.24) is 10.1 Å². The molecule has 0 saturated heterocycles. The van der Waals surface area contributed by atoms with Gasteiger partial charge in [-0.1, -0.05) is 12.1 Å². The molecule has 1 aromatic carbocycles. The molecule has 16 heavy (non-hydrogen) atoms. The van der Waals surface area contributed by atoms with Gasteiger partial charge in [0.05, 0.1) is 11.3 Å². The summed E-state index contributed by atoms with van der Waals surface area (Å²) in [7, 11) is 0. The second kappa shape index (κ2) is 2.99. The average Bonchev–Trinajstić information content (AvgIpc) is 2.89. The van der Waals surface area contributed by atoms with Crippen LogP contribution in [0.2, 0.25) is 0 Å². The average molecular weight is 215 g/mol. The maximum atomic E-state index is 11.7. The summed E-state index contributed by atoms with van der Waals surface area (Å²) < 4.78 is 4.56. The van der Waals surface area contributed by atoms with Crippen LogP contribution in [0.25, 0.3) is 0 Å². The highest BCUT2D eigenvalue weighted by Crippen LogP contribution is 2.32. The highest BCUT2D eigenvalue weighted by Gasteiger charge is 2.38. The van der Waals surface area contributed by atoms with Crippen molar-refractivity contribution in [2.45, 2.75) is 0 Å². The molecule has 0 N–H and O–H groups in total. The number of fused-ring (bicyclic) bond motifs is 1. The molecule has 3 rings (SSSR count). The van der Waals surface area contributed by atoms with E-state index in [0.717, 1.165) is 11.3 Å². The Hall–Kier alpha value is -2.50. The third kappa shape index (κ3) is 1.01. The second-order valence-corrected chi connectivity index (χ2v) is 3.22. The van der Waals surface area contributed by atoms with Gasteiger partial charge in [-0.05, 0) is 17.3 Å². The SMILES string of the molecule is O=C1C(=O)N(c2ncon2)c2ccccc21. The third-order valence-corrected chi connectivity index (χ3v) is 2.34. The smallest absolute Gasteiger partial charge is 0.306 e. The first-order valence-corrected chi connectivity index (χ1v) is 4.53. The summed E-state index contributed by atoms with van der Waals surface area (Å²) in [5, 5.41) is 3.55. The Labute approximate surface area is 89.5 Å². The first-order chi connectivity index (χ1) is 7.79. The Bertz CT molecular complexity index is 577. The van der Waals surface area contributed by atoms with E-state index >= 15 is 0 Å². The van der Waals surface area contributed by atoms with Gasteiger partial charge in [-0.3, -0.25) is 9.59 Å². The van der Waals surface area contributed by atoms with E-state index < -0.39 is 11.7 Å². The molecular weight excluding hydrogens is 210 g/mol. The fraction of sp³-hybridized carbons (Fsp3) is 0. The molecule has 78 valence electrons. The summed E-state index contributed by atoms with van der Waals surface area (Å²) >= 11 is 0. The molecular formula is C10H5N3O3. The number of hydrogen-bond donors (Lipinski definition) is 0. The molecule has 0 bridgehead atoms. The number of anilines is 2. The molecule has 6 nitrogen and oxygen atoms in total. The standard InChI is InChI=1S/C10H5N3O3/c14-8-6-3-1-2-4-7(6)13(9(8)15)10-11-5-16-12-10/h1-5H.